The van der Waals surface area contributed by atoms with Gasteiger partial charge in [0.05, 0.1) is 5.56 Å². The summed E-state index contributed by atoms with van der Waals surface area (Å²) in [6.45, 7) is 0. The van der Waals surface area contributed by atoms with Gasteiger partial charge in [0.2, 0.25) is 0 Å². The van der Waals surface area contributed by atoms with Crippen LogP contribution in [0.25, 0.3) is 16.9 Å². The number of nitrogens with two attached hydrogens (primary N) is 1. The van der Waals surface area contributed by atoms with Crippen LogP contribution < -0.4 is 5.73 Å². The summed E-state index contributed by atoms with van der Waals surface area (Å²) in [7, 11) is 0. The van der Waals surface area contributed by atoms with Crippen molar-refractivity contribution in [1.82, 2.24) is 9.38 Å². The van der Waals surface area contributed by atoms with Crippen molar-refractivity contribution >= 4 is 11.5 Å². The number of anilines is 1. The maximum Gasteiger partial charge on any atom is 0.419 e. The van der Waals surface area contributed by atoms with Crippen LogP contribution in [0, 0.1) is 5.82 Å². The zero-order valence-electron chi connectivity index (χ0n) is 10.5. The second-order valence-electron chi connectivity index (χ2n) is 4.47. The number of nitrogen functional groups attached to an aromatic ring is 1. The molecule has 0 aliphatic carbocycles. The molecular weight excluding hydrogens is 286 g/mol. The number of alkyl halides is 3. The van der Waals surface area contributed by atoms with Gasteiger partial charge in [0.1, 0.15) is 17.3 Å². The van der Waals surface area contributed by atoms with Crippen LogP contribution in [-0.4, -0.2) is 9.38 Å². The highest BCUT2D eigenvalue weighted by Crippen LogP contribution is 2.35. The molecule has 0 saturated heterocycles. The highest BCUT2D eigenvalue weighted by molar-refractivity contribution is 5.76. The van der Waals surface area contributed by atoms with Gasteiger partial charge in [0.25, 0.3) is 0 Å². The van der Waals surface area contributed by atoms with E-state index in [4.69, 9.17) is 5.73 Å². The fourth-order valence-corrected chi connectivity index (χ4v) is 2.16. The molecule has 0 amide bonds. The smallest absolute Gasteiger partial charge is 0.383 e. The van der Waals surface area contributed by atoms with Gasteiger partial charge in [-0.2, -0.15) is 13.2 Å². The summed E-state index contributed by atoms with van der Waals surface area (Å²) in [5, 5.41) is 0. The van der Waals surface area contributed by atoms with Crippen LogP contribution in [-0.2, 0) is 6.18 Å². The molecule has 3 nitrogen and oxygen atoms in total. The Morgan fingerprint density at radius 2 is 1.86 bits per heavy atom. The number of halogens is 4. The zero-order valence-corrected chi connectivity index (χ0v) is 10.5. The molecule has 0 bridgehead atoms. The monoisotopic (exact) mass is 295 g/mol. The molecule has 0 unspecified atom stereocenters. The van der Waals surface area contributed by atoms with Crippen LogP contribution in [0.1, 0.15) is 5.56 Å². The van der Waals surface area contributed by atoms with Crippen molar-refractivity contribution in [3.8, 4) is 11.3 Å². The fraction of sp³-hybridized carbons (Fsp3) is 0.0714. The number of hydrogen-bond donors (Lipinski definition) is 1. The average molecular weight is 295 g/mol. The predicted molar refractivity (Wildman–Crippen MR) is 70.0 cm³/mol. The molecule has 108 valence electrons. The number of imidazole rings is 1. The van der Waals surface area contributed by atoms with Crippen molar-refractivity contribution in [1.29, 1.82) is 0 Å². The second kappa shape index (κ2) is 4.47. The Kier molecular flexibility index (Phi) is 2.86. The van der Waals surface area contributed by atoms with E-state index < -0.39 is 17.6 Å². The molecule has 3 aromatic rings. The van der Waals surface area contributed by atoms with E-state index >= 15 is 0 Å². The van der Waals surface area contributed by atoms with Gasteiger partial charge in [-0.25, -0.2) is 9.37 Å². The molecule has 2 heterocycles. The van der Waals surface area contributed by atoms with Gasteiger partial charge in [-0.15, -0.1) is 0 Å². The van der Waals surface area contributed by atoms with Crippen molar-refractivity contribution < 1.29 is 17.6 Å². The van der Waals surface area contributed by atoms with Gasteiger partial charge in [0, 0.05) is 11.8 Å². The summed E-state index contributed by atoms with van der Waals surface area (Å²) in [4.78, 5) is 3.94. The lowest BCUT2D eigenvalue weighted by Crippen LogP contribution is -2.07. The minimum absolute atomic E-state index is 0.0294. The summed E-state index contributed by atoms with van der Waals surface area (Å²) in [6, 6.07) is 7.55. The van der Waals surface area contributed by atoms with Crippen LogP contribution in [0.5, 0.6) is 0 Å². The molecule has 0 radical (unpaired) electrons. The SMILES string of the molecule is Nc1c(-c2cccc(F)c2)nc2c(C(F)(F)F)cccn12. The van der Waals surface area contributed by atoms with Gasteiger partial charge in [-0.05, 0) is 24.3 Å². The van der Waals surface area contributed by atoms with Crippen molar-refractivity contribution in [2.45, 2.75) is 6.18 Å². The quantitative estimate of drug-likeness (QED) is 0.695. The molecular formula is C14H9F4N3. The molecule has 0 aliphatic heterocycles. The predicted octanol–water partition coefficient (Wildman–Crippen LogP) is 3.74. The Morgan fingerprint density at radius 3 is 2.52 bits per heavy atom. The Hall–Kier alpha value is -2.57. The third-order valence-corrected chi connectivity index (χ3v) is 3.09. The van der Waals surface area contributed by atoms with Gasteiger partial charge >= 0.3 is 6.18 Å². The largest absolute Gasteiger partial charge is 0.419 e. The number of benzene rings is 1. The van der Waals surface area contributed by atoms with E-state index in [1.54, 1.807) is 0 Å². The van der Waals surface area contributed by atoms with Gasteiger partial charge < -0.3 is 5.73 Å². The molecule has 2 N–H and O–H groups in total. The number of hydrogen-bond acceptors (Lipinski definition) is 2. The first-order valence-corrected chi connectivity index (χ1v) is 5.97. The Bertz CT molecular complexity index is 821. The van der Waals surface area contributed by atoms with Crippen LogP contribution in [0.3, 0.4) is 0 Å². The molecule has 0 aliphatic rings. The van der Waals surface area contributed by atoms with E-state index in [1.165, 1.54) is 36.5 Å². The standard InChI is InChI=1S/C14H9F4N3/c15-9-4-1-3-8(7-9)11-12(19)21-6-2-5-10(13(21)20-11)14(16,17)18/h1-7H,19H2. The summed E-state index contributed by atoms with van der Waals surface area (Å²) >= 11 is 0. The fourth-order valence-electron chi connectivity index (χ4n) is 2.16. The lowest BCUT2D eigenvalue weighted by molar-refractivity contribution is -0.136. The lowest BCUT2D eigenvalue weighted by Gasteiger charge is -2.07. The topological polar surface area (TPSA) is 43.3 Å². The molecule has 21 heavy (non-hydrogen) atoms. The molecule has 1 aromatic carbocycles. The Morgan fingerprint density at radius 1 is 1.10 bits per heavy atom. The molecule has 0 atom stereocenters. The average Bonchev–Trinajstić information content (AvgIpc) is 2.75. The number of aromatic nitrogens is 2. The third kappa shape index (κ3) is 2.20. The van der Waals surface area contributed by atoms with Crippen LogP contribution in [0.4, 0.5) is 23.4 Å². The second-order valence-corrected chi connectivity index (χ2v) is 4.47. The summed E-state index contributed by atoms with van der Waals surface area (Å²) in [5.74, 6) is -0.485. The zero-order chi connectivity index (χ0) is 15.2. The number of fused-ring (bicyclic) bond motifs is 1. The van der Waals surface area contributed by atoms with E-state index in [-0.39, 0.29) is 17.2 Å². The molecule has 0 saturated carbocycles. The van der Waals surface area contributed by atoms with E-state index in [9.17, 15) is 17.6 Å². The maximum absolute atomic E-state index is 13.3. The van der Waals surface area contributed by atoms with Gasteiger partial charge in [0.15, 0.2) is 5.65 Å². The van der Waals surface area contributed by atoms with E-state index in [0.29, 0.717) is 5.56 Å². The van der Waals surface area contributed by atoms with E-state index in [0.717, 1.165) is 10.5 Å². The normalized spacial score (nSPS) is 12.0. The number of nitrogens with zero attached hydrogens (tertiary/aromatic N) is 2. The maximum atomic E-state index is 13.3. The first kappa shape index (κ1) is 13.4. The number of rotatable bonds is 1. The van der Waals surface area contributed by atoms with Crippen molar-refractivity contribution in [3.63, 3.8) is 0 Å². The Labute approximate surface area is 116 Å². The third-order valence-electron chi connectivity index (χ3n) is 3.09. The number of pyridine rings is 1. The first-order chi connectivity index (χ1) is 9.88. The highest BCUT2D eigenvalue weighted by Gasteiger charge is 2.34. The summed E-state index contributed by atoms with van der Waals surface area (Å²) in [6.07, 6.45) is -3.16. The molecule has 0 fully saturated rings. The molecule has 2 aromatic heterocycles. The Balaban J connectivity index is 2.30. The van der Waals surface area contributed by atoms with E-state index in [1.807, 2.05) is 0 Å². The van der Waals surface area contributed by atoms with Crippen molar-refractivity contribution in [2.24, 2.45) is 0 Å². The minimum atomic E-state index is -4.54. The minimum Gasteiger partial charge on any atom is -0.383 e. The summed E-state index contributed by atoms with van der Waals surface area (Å²) in [5.41, 5.74) is 5.09. The van der Waals surface area contributed by atoms with E-state index in [2.05, 4.69) is 4.98 Å². The van der Waals surface area contributed by atoms with Crippen molar-refractivity contribution in [3.05, 3.63) is 54.0 Å². The first-order valence-electron chi connectivity index (χ1n) is 5.97. The van der Waals surface area contributed by atoms with Crippen LogP contribution >= 0.6 is 0 Å². The highest BCUT2D eigenvalue weighted by atomic mass is 19.4. The molecule has 3 rings (SSSR count). The van der Waals surface area contributed by atoms with Crippen LogP contribution in [0.2, 0.25) is 0 Å². The van der Waals surface area contributed by atoms with Crippen LogP contribution in [0.15, 0.2) is 42.6 Å². The molecule has 0 spiro atoms. The van der Waals surface area contributed by atoms with Gasteiger partial charge in [-0.1, -0.05) is 12.1 Å². The lowest BCUT2D eigenvalue weighted by atomic mass is 10.1. The summed E-state index contributed by atoms with van der Waals surface area (Å²) < 4.78 is 53.3. The van der Waals surface area contributed by atoms with Crippen molar-refractivity contribution in [2.75, 3.05) is 5.73 Å². The molecule has 7 heteroatoms. The van der Waals surface area contributed by atoms with Gasteiger partial charge in [-0.3, -0.25) is 4.40 Å².